The number of carbonyl (C=O) groups excluding carboxylic acids is 2. The normalized spacial score (nSPS) is 22.6. The van der Waals surface area contributed by atoms with Crippen molar-refractivity contribution in [3.63, 3.8) is 0 Å². The second-order valence-corrected chi connectivity index (χ2v) is 10.1. The molecule has 2 fully saturated rings. The van der Waals surface area contributed by atoms with Gasteiger partial charge < -0.3 is 20.5 Å². The van der Waals surface area contributed by atoms with Crippen molar-refractivity contribution in [3.05, 3.63) is 59.7 Å². The van der Waals surface area contributed by atoms with Gasteiger partial charge in [-0.2, -0.15) is 0 Å². The third-order valence-electron chi connectivity index (χ3n) is 7.94. The summed E-state index contributed by atoms with van der Waals surface area (Å²) in [5.74, 6) is -1.48. The summed E-state index contributed by atoms with van der Waals surface area (Å²) in [5.41, 5.74) is 3.55. The van der Waals surface area contributed by atoms with Crippen molar-refractivity contribution < 1.29 is 24.2 Å². The molecule has 2 amide bonds. The molecule has 0 heterocycles. The first-order chi connectivity index (χ1) is 17.0. The molecule has 5 rings (SSSR count). The number of hydrogen-bond donors (Lipinski definition) is 3. The molecule has 3 N–H and O–H groups in total. The maximum absolute atomic E-state index is 12.9. The quantitative estimate of drug-likeness (QED) is 0.565. The Morgan fingerprint density at radius 2 is 1.54 bits per heavy atom. The fourth-order valence-corrected chi connectivity index (χ4v) is 6.07. The van der Waals surface area contributed by atoms with Crippen molar-refractivity contribution in [2.45, 2.75) is 68.9 Å². The zero-order valence-electron chi connectivity index (χ0n) is 19.8. The van der Waals surface area contributed by atoms with E-state index in [9.17, 15) is 19.5 Å². The monoisotopic (exact) mass is 476 g/mol. The van der Waals surface area contributed by atoms with Gasteiger partial charge in [0.25, 0.3) is 0 Å². The van der Waals surface area contributed by atoms with Gasteiger partial charge in [-0.05, 0) is 54.4 Å². The summed E-state index contributed by atoms with van der Waals surface area (Å²) >= 11 is 0. The molecular weight excluding hydrogens is 444 g/mol. The second kappa shape index (κ2) is 9.72. The largest absolute Gasteiger partial charge is 0.480 e. The van der Waals surface area contributed by atoms with Crippen LogP contribution in [-0.2, 0) is 14.3 Å². The standard InChI is InChI=1S/C28H32N2O5/c31-25(30-28(26(32)33)14-5-6-15-28)18-8-7-9-19(16-18)29-27(34)35-17-24-22-12-3-1-10-20(22)21-11-2-4-13-23(21)24/h1-4,10-13,18-19,24H,5-9,14-17H2,(H,29,34)(H,30,31)(H,32,33). The molecule has 0 aromatic heterocycles. The van der Waals surface area contributed by atoms with Crippen LogP contribution in [0.5, 0.6) is 0 Å². The summed E-state index contributed by atoms with van der Waals surface area (Å²) < 4.78 is 5.66. The first-order valence-corrected chi connectivity index (χ1v) is 12.6. The summed E-state index contributed by atoms with van der Waals surface area (Å²) in [5, 5.41) is 15.4. The van der Waals surface area contributed by atoms with Gasteiger partial charge in [0.05, 0.1) is 0 Å². The van der Waals surface area contributed by atoms with Gasteiger partial charge in [-0.1, -0.05) is 67.8 Å². The fraction of sp³-hybridized carbons (Fsp3) is 0.464. The Kier molecular flexibility index (Phi) is 6.50. The summed E-state index contributed by atoms with van der Waals surface area (Å²) in [6, 6.07) is 16.2. The van der Waals surface area contributed by atoms with Crippen LogP contribution in [-0.4, -0.2) is 41.3 Å². The van der Waals surface area contributed by atoms with Gasteiger partial charge in [0, 0.05) is 17.9 Å². The summed E-state index contributed by atoms with van der Waals surface area (Å²) in [7, 11) is 0. The predicted octanol–water partition coefficient (Wildman–Crippen LogP) is 4.60. The topological polar surface area (TPSA) is 105 Å². The first kappa shape index (κ1) is 23.4. The number of carbonyl (C=O) groups is 3. The summed E-state index contributed by atoms with van der Waals surface area (Å²) in [6.07, 6.45) is 4.85. The van der Waals surface area contributed by atoms with E-state index in [0.717, 1.165) is 36.8 Å². The minimum absolute atomic E-state index is 0.00310. The van der Waals surface area contributed by atoms with E-state index in [4.69, 9.17) is 4.74 Å². The first-order valence-electron chi connectivity index (χ1n) is 12.6. The highest BCUT2D eigenvalue weighted by molar-refractivity contribution is 5.88. The number of benzene rings is 2. The molecule has 7 nitrogen and oxygen atoms in total. The predicted molar refractivity (Wildman–Crippen MR) is 131 cm³/mol. The van der Waals surface area contributed by atoms with Crippen molar-refractivity contribution in [1.29, 1.82) is 0 Å². The minimum Gasteiger partial charge on any atom is -0.480 e. The SMILES string of the molecule is O=C(NC1CCCC(C(=O)NC2(C(=O)O)CCCC2)C1)OCC1c2ccccc2-c2ccccc21. The van der Waals surface area contributed by atoms with Crippen LogP contribution < -0.4 is 10.6 Å². The van der Waals surface area contributed by atoms with E-state index in [1.54, 1.807) is 0 Å². The van der Waals surface area contributed by atoms with Crippen LogP contribution in [0.15, 0.2) is 48.5 Å². The van der Waals surface area contributed by atoms with Crippen LogP contribution in [0.4, 0.5) is 4.79 Å². The van der Waals surface area contributed by atoms with Gasteiger partial charge in [-0.25, -0.2) is 9.59 Å². The van der Waals surface area contributed by atoms with E-state index < -0.39 is 17.6 Å². The Morgan fingerprint density at radius 1 is 0.914 bits per heavy atom. The highest BCUT2D eigenvalue weighted by atomic mass is 16.5. The number of fused-ring (bicyclic) bond motifs is 3. The Morgan fingerprint density at radius 3 is 2.17 bits per heavy atom. The van der Waals surface area contributed by atoms with Crippen LogP contribution in [0.1, 0.15) is 68.4 Å². The number of carboxylic acid groups (broad SMARTS) is 1. The third-order valence-corrected chi connectivity index (χ3v) is 7.94. The van der Waals surface area contributed by atoms with Gasteiger partial charge in [0.2, 0.25) is 5.91 Å². The van der Waals surface area contributed by atoms with Crippen LogP contribution >= 0.6 is 0 Å². The molecule has 0 saturated heterocycles. The third kappa shape index (κ3) is 4.64. The number of carboxylic acids is 1. The Labute approximate surface area is 205 Å². The van der Waals surface area contributed by atoms with Crippen LogP contribution in [0.25, 0.3) is 11.1 Å². The maximum atomic E-state index is 12.9. The molecule has 3 aliphatic carbocycles. The molecule has 184 valence electrons. The van der Waals surface area contributed by atoms with Crippen molar-refractivity contribution in [2.75, 3.05) is 6.61 Å². The lowest BCUT2D eigenvalue weighted by atomic mass is 9.84. The number of ether oxygens (including phenoxy) is 1. The molecule has 2 aromatic rings. The van der Waals surface area contributed by atoms with Crippen molar-refractivity contribution >= 4 is 18.0 Å². The van der Waals surface area contributed by atoms with Crippen LogP contribution in [0.2, 0.25) is 0 Å². The smallest absolute Gasteiger partial charge is 0.407 e. The average Bonchev–Trinajstić information content (AvgIpc) is 3.47. The minimum atomic E-state index is -1.13. The van der Waals surface area contributed by atoms with Crippen LogP contribution in [0, 0.1) is 5.92 Å². The van der Waals surface area contributed by atoms with E-state index in [0.29, 0.717) is 25.7 Å². The fourth-order valence-electron chi connectivity index (χ4n) is 6.07. The molecule has 2 saturated carbocycles. The lowest BCUT2D eigenvalue weighted by Gasteiger charge is -2.32. The molecule has 7 heteroatoms. The molecule has 2 unspecified atom stereocenters. The Hall–Kier alpha value is -3.35. The number of rotatable bonds is 6. The van der Waals surface area contributed by atoms with E-state index in [-0.39, 0.29) is 30.4 Å². The molecule has 0 aliphatic heterocycles. The van der Waals surface area contributed by atoms with E-state index >= 15 is 0 Å². The van der Waals surface area contributed by atoms with E-state index in [1.165, 1.54) is 11.1 Å². The molecular formula is C28H32N2O5. The zero-order chi connectivity index (χ0) is 24.4. The van der Waals surface area contributed by atoms with Gasteiger partial charge in [-0.3, -0.25) is 4.79 Å². The zero-order valence-corrected chi connectivity index (χ0v) is 19.8. The number of hydrogen-bond acceptors (Lipinski definition) is 4. The highest BCUT2D eigenvalue weighted by Crippen LogP contribution is 2.44. The van der Waals surface area contributed by atoms with Crippen molar-refractivity contribution in [3.8, 4) is 11.1 Å². The lowest BCUT2D eigenvalue weighted by Crippen LogP contribution is -2.55. The summed E-state index contributed by atoms with van der Waals surface area (Å²) in [4.78, 5) is 37.4. The average molecular weight is 477 g/mol. The molecule has 0 radical (unpaired) electrons. The molecule has 0 bridgehead atoms. The highest BCUT2D eigenvalue weighted by Gasteiger charge is 2.44. The van der Waals surface area contributed by atoms with Gasteiger partial charge in [-0.15, -0.1) is 0 Å². The number of amides is 2. The Bertz CT molecular complexity index is 1080. The number of aliphatic carboxylic acids is 1. The van der Waals surface area contributed by atoms with Gasteiger partial charge >= 0.3 is 12.1 Å². The van der Waals surface area contributed by atoms with Gasteiger partial charge in [0.15, 0.2) is 0 Å². The summed E-state index contributed by atoms with van der Waals surface area (Å²) in [6.45, 7) is 0.248. The van der Waals surface area contributed by atoms with E-state index in [2.05, 4.69) is 34.9 Å². The number of alkyl carbamates (subject to hydrolysis) is 1. The molecule has 2 aromatic carbocycles. The van der Waals surface area contributed by atoms with Crippen LogP contribution in [0.3, 0.4) is 0 Å². The van der Waals surface area contributed by atoms with Crippen molar-refractivity contribution in [2.24, 2.45) is 5.92 Å². The molecule has 3 aliphatic rings. The van der Waals surface area contributed by atoms with Crippen molar-refractivity contribution in [1.82, 2.24) is 10.6 Å². The molecule has 35 heavy (non-hydrogen) atoms. The number of nitrogens with one attached hydrogen (secondary N) is 2. The molecule has 0 spiro atoms. The maximum Gasteiger partial charge on any atom is 0.407 e. The molecule has 2 atom stereocenters. The van der Waals surface area contributed by atoms with Gasteiger partial charge in [0.1, 0.15) is 12.1 Å². The van der Waals surface area contributed by atoms with E-state index in [1.807, 2.05) is 24.3 Å². The lowest BCUT2D eigenvalue weighted by molar-refractivity contribution is -0.148. The second-order valence-electron chi connectivity index (χ2n) is 10.1. The Balaban J connectivity index is 1.17.